The normalized spacial score (nSPS) is 11.4. The van der Waals surface area contributed by atoms with Crippen molar-refractivity contribution in [2.75, 3.05) is 0 Å². The fourth-order valence-corrected chi connectivity index (χ4v) is 11.1. The second kappa shape index (κ2) is 19.5. The van der Waals surface area contributed by atoms with Gasteiger partial charge >= 0.3 is 0 Å². The third-order valence-electron chi connectivity index (χ3n) is 14.9. The monoisotopic (exact) mass is 966 g/mol. The molecule has 0 bridgehead atoms. The Morgan fingerprint density at radius 3 is 0.987 bits per heavy atom. The maximum absolute atomic E-state index is 6.47. The predicted octanol–water partition coefficient (Wildman–Crippen LogP) is 21.0. The van der Waals surface area contributed by atoms with E-state index in [2.05, 4.69) is 267 Å². The van der Waals surface area contributed by atoms with E-state index in [4.69, 9.17) is 9.47 Å². The summed E-state index contributed by atoms with van der Waals surface area (Å²) in [6.07, 6.45) is 0. The van der Waals surface area contributed by atoms with Crippen LogP contribution < -0.4 is 9.47 Å². The number of ether oxygens (including phenoxy) is 2. The molecule has 75 heavy (non-hydrogen) atoms. The molecule has 0 N–H and O–H groups in total. The Morgan fingerprint density at radius 1 is 0.213 bits per heavy atom. The highest BCUT2D eigenvalue weighted by molar-refractivity contribution is 6.06. The molecule has 13 rings (SSSR count). The first-order valence-corrected chi connectivity index (χ1v) is 26.0. The highest BCUT2D eigenvalue weighted by Gasteiger charge is 2.15. The van der Waals surface area contributed by atoms with E-state index in [9.17, 15) is 0 Å². The van der Waals surface area contributed by atoms with Gasteiger partial charge in [-0.1, -0.05) is 186 Å². The zero-order valence-electron chi connectivity index (χ0n) is 43.7. The SMILES string of the molecule is Cc1ccc2ccc(Oc3ccc4ccc(C)c(-c5ccc6ccc(C)c(-c7ccc8ccc(C)cc8c7)c6c5)c4c3)cc2c1.Cc1cccc(-c2c(C)ccc3ccc(Oc4ccc5ccc(C)cc5c4)cc23)c1. The predicted molar refractivity (Wildman–Crippen MR) is 320 cm³/mol. The van der Waals surface area contributed by atoms with Crippen LogP contribution in [0.15, 0.2) is 224 Å². The number of fused-ring (bicyclic) bond motifs is 6. The van der Waals surface area contributed by atoms with Crippen LogP contribution in [0.3, 0.4) is 0 Å². The van der Waals surface area contributed by atoms with E-state index in [1.54, 1.807) is 0 Å². The Morgan fingerprint density at radius 2 is 0.533 bits per heavy atom. The highest BCUT2D eigenvalue weighted by atomic mass is 16.5. The summed E-state index contributed by atoms with van der Waals surface area (Å²) in [5.74, 6) is 3.40. The Balaban J connectivity index is 0.000000165. The van der Waals surface area contributed by atoms with E-state index in [1.807, 2.05) is 6.07 Å². The molecule has 2 nitrogen and oxygen atoms in total. The Labute approximate surface area is 440 Å². The molecule has 0 spiro atoms. The summed E-state index contributed by atoms with van der Waals surface area (Å²) in [6, 6.07) is 80.9. The smallest absolute Gasteiger partial charge is 0.128 e. The minimum absolute atomic E-state index is 0.838. The van der Waals surface area contributed by atoms with Gasteiger partial charge in [-0.25, -0.2) is 0 Å². The van der Waals surface area contributed by atoms with Crippen molar-refractivity contribution in [3.8, 4) is 56.4 Å². The van der Waals surface area contributed by atoms with E-state index in [0.717, 1.165) is 23.0 Å². The molecule has 0 fully saturated rings. The second-order valence-electron chi connectivity index (χ2n) is 20.6. The van der Waals surface area contributed by atoms with Gasteiger partial charge in [0.2, 0.25) is 0 Å². The van der Waals surface area contributed by atoms with Gasteiger partial charge in [-0.3, -0.25) is 0 Å². The first-order chi connectivity index (χ1) is 36.5. The van der Waals surface area contributed by atoms with E-state index >= 15 is 0 Å². The molecule has 2 heteroatoms. The van der Waals surface area contributed by atoms with Gasteiger partial charge < -0.3 is 9.47 Å². The van der Waals surface area contributed by atoms with Gasteiger partial charge in [0, 0.05) is 0 Å². The molecule has 13 aromatic rings. The summed E-state index contributed by atoms with van der Waals surface area (Å²) in [6.45, 7) is 15.2. The first-order valence-electron chi connectivity index (χ1n) is 26.0. The summed E-state index contributed by atoms with van der Waals surface area (Å²) in [5.41, 5.74) is 16.4. The Kier molecular flexibility index (Phi) is 12.2. The minimum Gasteiger partial charge on any atom is -0.457 e. The van der Waals surface area contributed by atoms with Gasteiger partial charge in [-0.15, -0.1) is 0 Å². The van der Waals surface area contributed by atoms with Gasteiger partial charge in [0.05, 0.1) is 0 Å². The highest BCUT2D eigenvalue weighted by Crippen LogP contribution is 2.41. The van der Waals surface area contributed by atoms with Gasteiger partial charge in [0.15, 0.2) is 0 Å². The second-order valence-corrected chi connectivity index (χ2v) is 20.6. The summed E-state index contributed by atoms with van der Waals surface area (Å²) in [7, 11) is 0. The lowest BCUT2D eigenvalue weighted by Crippen LogP contribution is -1.91. The van der Waals surface area contributed by atoms with Crippen molar-refractivity contribution in [3.63, 3.8) is 0 Å². The van der Waals surface area contributed by atoms with Crippen molar-refractivity contribution >= 4 is 64.6 Å². The first kappa shape index (κ1) is 47.1. The topological polar surface area (TPSA) is 18.5 Å². The lowest BCUT2D eigenvalue weighted by molar-refractivity contribution is 0.484. The van der Waals surface area contributed by atoms with Crippen LogP contribution in [0, 0.1) is 48.5 Å². The molecule has 0 aliphatic rings. The summed E-state index contributed by atoms with van der Waals surface area (Å²) < 4.78 is 12.8. The van der Waals surface area contributed by atoms with E-state index in [1.165, 1.54) is 137 Å². The summed E-state index contributed by atoms with van der Waals surface area (Å²) >= 11 is 0. The Bertz CT molecular complexity index is 4390. The number of aryl methyl sites for hydroxylation is 7. The largest absolute Gasteiger partial charge is 0.457 e. The van der Waals surface area contributed by atoms with Crippen LogP contribution in [0.5, 0.6) is 23.0 Å². The van der Waals surface area contributed by atoms with Gasteiger partial charge in [0.25, 0.3) is 0 Å². The van der Waals surface area contributed by atoms with Crippen LogP contribution >= 0.6 is 0 Å². The third-order valence-corrected chi connectivity index (χ3v) is 14.9. The summed E-state index contributed by atoms with van der Waals surface area (Å²) in [4.78, 5) is 0. The number of hydrogen-bond acceptors (Lipinski definition) is 2. The van der Waals surface area contributed by atoms with Crippen LogP contribution in [0.1, 0.15) is 38.9 Å². The van der Waals surface area contributed by atoms with Crippen LogP contribution in [-0.4, -0.2) is 0 Å². The Hall–Kier alpha value is -8.98. The number of benzene rings is 13. The molecule has 0 aromatic heterocycles. The average molecular weight is 967 g/mol. The van der Waals surface area contributed by atoms with Gasteiger partial charge in [0.1, 0.15) is 23.0 Å². The zero-order valence-corrected chi connectivity index (χ0v) is 43.7. The molecule has 0 unspecified atom stereocenters. The fourth-order valence-electron chi connectivity index (χ4n) is 11.1. The zero-order chi connectivity index (χ0) is 51.3. The van der Waals surface area contributed by atoms with E-state index in [-0.39, 0.29) is 0 Å². The van der Waals surface area contributed by atoms with Gasteiger partial charge in [-0.05, 0) is 224 Å². The van der Waals surface area contributed by atoms with Crippen LogP contribution in [0.2, 0.25) is 0 Å². The fraction of sp³-hybridized carbons (Fsp3) is 0.0959. The molecule has 0 amide bonds. The van der Waals surface area contributed by atoms with Gasteiger partial charge in [-0.2, -0.15) is 0 Å². The maximum atomic E-state index is 6.47. The van der Waals surface area contributed by atoms with Crippen molar-refractivity contribution in [1.29, 1.82) is 0 Å². The van der Waals surface area contributed by atoms with Crippen molar-refractivity contribution in [3.05, 3.63) is 263 Å². The quantitative estimate of drug-likeness (QED) is 0.158. The molecular weight excluding hydrogens is 909 g/mol. The lowest BCUT2D eigenvalue weighted by Gasteiger charge is -2.16. The van der Waals surface area contributed by atoms with Crippen molar-refractivity contribution in [2.45, 2.75) is 48.5 Å². The third kappa shape index (κ3) is 9.48. The number of hydrogen-bond donors (Lipinski definition) is 0. The maximum Gasteiger partial charge on any atom is 0.128 e. The molecule has 0 saturated heterocycles. The molecule has 13 aromatic carbocycles. The van der Waals surface area contributed by atoms with Crippen molar-refractivity contribution in [2.24, 2.45) is 0 Å². The molecule has 0 saturated carbocycles. The van der Waals surface area contributed by atoms with E-state index < -0.39 is 0 Å². The molecular formula is C73H58O2. The van der Waals surface area contributed by atoms with E-state index in [0.29, 0.717) is 0 Å². The molecule has 0 heterocycles. The molecule has 0 aliphatic carbocycles. The molecule has 0 atom stereocenters. The molecule has 0 aliphatic heterocycles. The van der Waals surface area contributed by atoms with Crippen molar-refractivity contribution in [1.82, 2.24) is 0 Å². The lowest BCUT2D eigenvalue weighted by atomic mass is 9.88. The minimum atomic E-state index is 0.838. The molecule has 362 valence electrons. The van der Waals surface area contributed by atoms with Crippen LogP contribution in [-0.2, 0) is 0 Å². The van der Waals surface area contributed by atoms with Crippen LogP contribution in [0.25, 0.3) is 98.0 Å². The average Bonchev–Trinajstić information content (AvgIpc) is 3.41. The summed E-state index contributed by atoms with van der Waals surface area (Å²) in [5, 5.41) is 14.7. The standard InChI is InChI=1S/C44H34O.C29H24O/c1-27-5-9-31-13-15-35(23-37(31)21-27)43-29(3)7-11-33-14-16-36(25-41(33)43)44-30(4)8-12-34-18-20-40(26-42(34)44)45-39-19-17-32-10-6-28(2)22-38(32)24-39;1-19-5-4-6-24(15-19)29-21(3)8-10-23-12-14-27(18-28(23)29)30-26-13-11-22-9-7-20(2)16-25(22)17-26/h5-26H,1-4H3;4-18H,1-3H3. The van der Waals surface area contributed by atoms with Crippen LogP contribution in [0.4, 0.5) is 0 Å². The van der Waals surface area contributed by atoms with Crippen molar-refractivity contribution < 1.29 is 9.47 Å². The molecule has 0 radical (unpaired) electrons. The number of rotatable bonds is 7.